The smallest absolute Gasteiger partial charge is 0.418 e. The van der Waals surface area contributed by atoms with Crippen molar-refractivity contribution in [3.63, 3.8) is 0 Å². The summed E-state index contributed by atoms with van der Waals surface area (Å²) in [6.07, 6.45) is -2.02. The number of aromatic nitrogens is 3. The molecule has 3 N–H and O–H groups in total. The number of nitrogen functional groups attached to an aromatic ring is 1. The summed E-state index contributed by atoms with van der Waals surface area (Å²) in [6.45, 7) is 3.13. The Hall–Kier alpha value is -3.47. The number of benzene rings is 1. The molecule has 2 unspecified atom stereocenters. The average Bonchev–Trinajstić information content (AvgIpc) is 3.28. The summed E-state index contributed by atoms with van der Waals surface area (Å²) in [5, 5.41) is 13.3. The minimum absolute atomic E-state index is 0.0547. The first-order chi connectivity index (χ1) is 20.0. The van der Waals surface area contributed by atoms with E-state index in [0.29, 0.717) is 45.0 Å². The molecule has 3 saturated heterocycles. The summed E-state index contributed by atoms with van der Waals surface area (Å²) in [4.78, 5) is 14.8. The summed E-state index contributed by atoms with van der Waals surface area (Å²) in [7, 11) is 0. The van der Waals surface area contributed by atoms with Gasteiger partial charge in [0.1, 0.15) is 23.8 Å². The molecule has 42 heavy (non-hydrogen) atoms. The number of ether oxygens (including phenoxy) is 2. The predicted molar refractivity (Wildman–Crippen MR) is 148 cm³/mol. The molecular formula is C28H28ClF4N7O2. The van der Waals surface area contributed by atoms with E-state index >= 15 is 4.39 Å². The van der Waals surface area contributed by atoms with Crippen LogP contribution in [0, 0.1) is 29.5 Å². The topological polar surface area (TPSA) is 122 Å². The second-order valence-corrected chi connectivity index (χ2v) is 11.6. The molecule has 3 fully saturated rings. The molecule has 2 atom stereocenters. The number of halogens is 5. The summed E-state index contributed by atoms with van der Waals surface area (Å²) in [5.41, 5.74) is 2.04. The molecule has 0 spiro atoms. The van der Waals surface area contributed by atoms with Gasteiger partial charge in [0.25, 0.3) is 0 Å². The van der Waals surface area contributed by atoms with Crippen LogP contribution in [0.5, 0.6) is 6.01 Å². The summed E-state index contributed by atoms with van der Waals surface area (Å²) < 4.78 is 70.3. The van der Waals surface area contributed by atoms with E-state index in [0.717, 1.165) is 18.9 Å². The second kappa shape index (κ2) is 10.7. The van der Waals surface area contributed by atoms with Gasteiger partial charge in [0.2, 0.25) is 0 Å². The SMILES string of the molecule is Cc1cc(N)nc(-c2c(Cl)cc3c(N4CC5CCC(C4)N5)nc(OCC4(C#N)CCOCC4)nc3c2F)c1C(F)(F)F. The monoisotopic (exact) mass is 605 g/mol. The minimum Gasteiger partial charge on any atom is -0.462 e. The number of pyridine rings is 1. The number of hydrogen-bond acceptors (Lipinski definition) is 9. The fourth-order valence-electron chi connectivity index (χ4n) is 6.14. The summed E-state index contributed by atoms with van der Waals surface area (Å²) >= 11 is 6.54. The fraction of sp³-hybridized carbons (Fsp3) is 0.500. The van der Waals surface area contributed by atoms with Gasteiger partial charge in [0.15, 0.2) is 5.82 Å². The van der Waals surface area contributed by atoms with Gasteiger partial charge in [-0.2, -0.15) is 28.4 Å². The van der Waals surface area contributed by atoms with Crippen molar-refractivity contribution < 1.29 is 27.0 Å². The van der Waals surface area contributed by atoms with Gasteiger partial charge in [-0.1, -0.05) is 11.6 Å². The lowest BCUT2D eigenvalue weighted by Gasteiger charge is -2.34. The zero-order valence-corrected chi connectivity index (χ0v) is 23.4. The van der Waals surface area contributed by atoms with Gasteiger partial charge in [-0.05, 0) is 50.3 Å². The van der Waals surface area contributed by atoms with Crippen LogP contribution in [0.4, 0.5) is 29.2 Å². The van der Waals surface area contributed by atoms with Gasteiger partial charge in [-0.25, -0.2) is 9.37 Å². The molecule has 3 aliphatic heterocycles. The zero-order chi connectivity index (χ0) is 29.8. The quantitative estimate of drug-likeness (QED) is 0.385. The van der Waals surface area contributed by atoms with Crippen molar-refractivity contribution in [1.82, 2.24) is 20.3 Å². The molecule has 3 aliphatic rings. The van der Waals surface area contributed by atoms with E-state index in [1.165, 1.54) is 13.0 Å². The Bertz CT molecular complexity index is 1580. The van der Waals surface area contributed by atoms with E-state index in [-0.39, 0.29) is 52.0 Å². The molecule has 2 bridgehead atoms. The fourth-order valence-corrected chi connectivity index (χ4v) is 6.42. The number of rotatable bonds is 5. The molecule has 9 nitrogen and oxygen atoms in total. The molecule has 0 aliphatic carbocycles. The first-order valence-electron chi connectivity index (χ1n) is 13.7. The lowest BCUT2D eigenvalue weighted by molar-refractivity contribution is -0.137. The van der Waals surface area contributed by atoms with Gasteiger partial charge in [-0.3, -0.25) is 0 Å². The van der Waals surface area contributed by atoms with Crippen molar-refractivity contribution in [2.45, 2.75) is 50.9 Å². The summed E-state index contributed by atoms with van der Waals surface area (Å²) in [6, 6.07) is 4.97. The highest BCUT2D eigenvalue weighted by Gasteiger charge is 2.40. The van der Waals surface area contributed by atoms with Crippen LogP contribution in [-0.4, -0.2) is 59.9 Å². The van der Waals surface area contributed by atoms with Crippen LogP contribution in [0.2, 0.25) is 5.02 Å². The molecule has 222 valence electrons. The maximum Gasteiger partial charge on any atom is 0.418 e. The van der Waals surface area contributed by atoms with Crippen LogP contribution < -0.4 is 20.7 Å². The number of anilines is 2. The molecule has 2 aromatic heterocycles. The number of nitriles is 1. The molecule has 14 heteroatoms. The van der Waals surface area contributed by atoms with Gasteiger partial charge in [0, 0.05) is 43.8 Å². The standard InChI is InChI=1S/C28H28ClF4N7O2/c1-14-8-19(35)37-24(21(14)28(31,32)33)20-18(29)9-17-23(22(20)30)38-26(42-13-27(12-34)4-6-41-7-5-27)39-25(17)40-10-15-2-3-16(11-40)36-15/h8-9,15-16,36H,2-7,10-11,13H2,1H3,(H2,35,37). The normalized spacial score (nSPS) is 21.9. The predicted octanol–water partition coefficient (Wildman–Crippen LogP) is 5.03. The first-order valence-corrected chi connectivity index (χ1v) is 14.0. The Balaban J connectivity index is 1.52. The Morgan fingerprint density at radius 3 is 2.52 bits per heavy atom. The Kier molecular flexibility index (Phi) is 7.27. The highest BCUT2D eigenvalue weighted by molar-refractivity contribution is 6.34. The molecule has 0 radical (unpaired) electrons. The third-order valence-corrected chi connectivity index (χ3v) is 8.58. The highest BCUT2D eigenvalue weighted by Crippen LogP contribution is 2.45. The van der Waals surface area contributed by atoms with Crippen molar-refractivity contribution in [3.8, 4) is 23.3 Å². The number of fused-ring (bicyclic) bond motifs is 3. The maximum absolute atomic E-state index is 16.5. The number of nitrogens with zero attached hydrogens (tertiary/aromatic N) is 5. The molecule has 3 aromatic rings. The third-order valence-electron chi connectivity index (χ3n) is 8.28. The van der Waals surface area contributed by atoms with Gasteiger partial charge >= 0.3 is 12.2 Å². The zero-order valence-electron chi connectivity index (χ0n) is 22.7. The molecule has 6 rings (SSSR count). The van der Waals surface area contributed by atoms with Gasteiger partial charge < -0.3 is 25.4 Å². The Morgan fingerprint density at radius 2 is 1.88 bits per heavy atom. The van der Waals surface area contributed by atoms with Crippen molar-refractivity contribution in [2.75, 3.05) is 43.5 Å². The average molecular weight is 606 g/mol. The highest BCUT2D eigenvalue weighted by atomic mass is 35.5. The maximum atomic E-state index is 16.5. The number of hydrogen-bond donors (Lipinski definition) is 2. The summed E-state index contributed by atoms with van der Waals surface area (Å²) in [5.74, 6) is -0.965. The number of aryl methyl sites for hydroxylation is 1. The number of alkyl halides is 3. The minimum atomic E-state index is -4.86. The van der Waals surface area contributed by atoms with Crippen LogP contribution in [-0.2, 0) is 10.9 Å². The first kappa shape index (κ1) is 28.6. The lowest BCUT2D eigenvalue weighted by Crippen LogP contribution is -2.51. The lowest BCUT2D eigenvalue weighted by atomic mass is 9.83. The van der Waals surface area contributed by atoms with Crippen molar-refractivity contribution in [2.24, 2.45) is 5.41 Å². The third kappa shape index (κ3) is 5.16. The van der Waals surface area contributed by atoms with E-state index in [1.54, 1.807) is 0 Å². The van der Waals surface area contributed by atoms with E-state index in [9.17, 15) is 18.4 Å². The van der Waals surface area contributed by atoms with E-state index in [1.807, 2.05) is 4.90 Å². The molecule has 0 saturated carbocycles. The van der Waals surface area contributed by atoms with E-state index in [2.05, 4.69) is 26.3 Å². The van der Waals surface area contributed by atoms with Crippen LogP contribution >= 0.6 is 11.6 Å². The molecule has 0 amide bonds. The Labute approximate surface area is 244 Å². The van der Waals surface area contributed by atoms with Crippen LogP contribution in [0.15, 0.2) is 12.1 Å². The Morgan fingerprint density at radius 1 is 1.19 bits per heavy atom. The van der Waals surface area contributed by atoms with Crippen LogP contribution in [0.1, 0.15) is 36.8 Å². The van der Waals surface area contributed by atoms with Crippen molar-refractivity contribution in [1.29, 1.82) is 5.26 Å². The number of piperazine rings is 1. The van der Waals surface area contributed by atoms with Crippen LogP contribution in [0.3, 0.4) is 0 Å². The van der Waals surface area contributed by atoms with Crippen molar-refractivity contribution >= 4 is 34.1 Å². The van der Waals surface area contributed by atoms with Crippen LogP contribution in [0.25, 0.3) is 22.2 Å². The second-order valence-electron chi connectivity index (χ2n) is 11.2. The molecule has 1 aromatic carbocycles. The molecular weight excluding hydrogens is 578 g/mol. The number of nitrogens with one attached hydrogen (secondary N) is 1. The van der Waals surface area contributed by atoms with Gasteiger partial charge in [0.05, 0.1) is 33.3 Å². The van der Waals surface area contributed by atoms with Crippen molar-refractivity contribution in [3.05, 3.63) is 34.1 Å². The molecule has 5 heterocycles. The van der Waals surface area contributed by atoms with E-state index < -0.39 is 34.2 Å². The largest absolute Gasteiger partial charge is 0.462 e. The van der Waals surface area contributed by atoms with E-state index in [4.69, 9.17) is 26.8 Å². The van der Waals surface area contributed by atoms with Gasteiger partial charge in [-0.15, -0.1) is 0 Å². The number of nitrogens with two attached hydrogens (primary N) is 1.